The van der Waals surface area contributed by atoms with Gasteiger partial charge in [-0.1, -0.05) is 42.1 Å². The Balaban J connectivity index is 1.94. The standard InChI is InChI=1S/C9H9N3S/c1-2-4-8(5-3-1)6-13-9-10-7-11-12-9/h1-5,7H,6H2,(H,10,11,12). The second kappa shape index (κ2) is 4.09. The van der Waals surface area contributed by atoms with Gasteiger partial charge in [-0.2, -0.15) is 0 Å². The first-order valence-corrected chi connectivity index (χ1v) is 4.96. The van der Waals surface area contributed by atoms with Gasteiger partial charge in [0.15, 0.2) is 0 Å². The number of hydrogen-bond acceptors (Lipinski definition) is 3. The summed E-state index contributed by atoms with van der Waals surface area (Å²) in [6.45, 7) is 0. The average Bonchev–Trinajstić information content (AvgIpc) is 2.69. The van der Waals surface area contributed by atoms with Crippen molar-refractivity contribution in [1.82, 2.24) is 15.2 Å². The zero-order chi connectivity index (χ0) is 8.93. The van der Waals surface area contributed by atoms with Gasteiger partial charge in [-0.25, -0.2) is 4.98 Å². The number of aromatic nitrogens is 3. The minimum atomic E-state index is 0.795. The fourth-order valence-corrected chi connectivity index (χ4v) is 1.72. The maximum Gasteiger partial charge on any atom is 0.208 e. The number of H-pyrrole nitrogens is 1. The van der Waals surface area contributed by atoms with Gasteiger partial charge < -0.3 is 0 Å². The van der Waals surface area contributed by atoms with Crippen LogP contribution in [0.3, 0.4) is 0 Å². The number of nitrogens with one attached hydrogen (secondary N) is 1. The van der Waals surface area contributed by atoms with E-state index < -0.39 is 0 Å². The lowest BCUT2D eigenvalue weighted by atomic mass is 10.2. The highest BCUT2D eigenvalue weighted by Gasteiger charge is 1.97. The third-order valence-electron chi connectivity index (χ3n) is 1.60. The van der Waals surface area contributed by atoms with Crippen LogP contribution in [0.4, 0.5) is 0 Å². The molecule has 1 heterocycles. The molecule has 13 heavy (non-hydrogen) atoms. The molecule has 0 unspecified atom stereocenters. The molecule has 0 atom stereocenters. The molecule has 0 aliphatic rings. The van der Waals surface area contributed by atoms with E-state index in [1.54, 1.807) is 18.1 Å². The van der Waals surface area contributed by atoms with Crippen molar-refractivity contribution in [3.8, 4) is 0 Å². The monoisotopic (exact) mass is 191 g/mol. The Labute approximate surface area is 80.6 Å². The molecule has 0 saturated carbocycles. The van der Waals surface area contributed by atoms with Crippen molar-refractivity contribution in [2.24, 2.45) is 0 Å². The first-order valence-electron chi connectivity index (χ1n) is 3.97. The Bertz CT molecular complexity index is 344. The lowest BCUT2D eigenvalue weighted by Gasteiger charge is -1.96. The fraction of sp³-hybridized carbons (Fsp3) is 0.111. The molecule has 2 rings (SSSR count). The van der Waals surface area contributed by atoms with Crippen LogP contribution in [0, 0.1) is 0 Å². The van der Waals surface area contributed by atoms with Gasteiger partial charge in [0.1, 0.15) is 6.33 Å². The average molecular weight is 191 g/mol. The predicted octanol–water partition coefficient (Wildman–Crippen LogP) is 2.10. The van der Waals surface area contributed by atoms with Crippen molar-refractivity contribution in [3.63, 3.8) is 0 Å². The quantitative estimate of drug-likeness (QED) is 0.755. The molecular formula is C9H9N3S. The maximum atomic E-state index is 4.03. The van der Waals surface area contributed by atoms with Crippen molar-refractivity contribution in [2.75, 3.05) is 0 Å². The largest absolute Gasteiger partial charge is 0.265 e. The number of hydrogen-bond donors (Lipinski definition) is 1. The van der Waals surface area contributed by atoms with Gasteiger partial charge >= 0.3 is 0 Å². The molecule has 1 aromatic carbocycles. The van der Waals surface area contributed by atoms with Gasteiger partial charge in [0.25, 0.3) is 0 Å². The zero-order valence-corrected chi connectivity index (χ0v) is 7.79. The van der Waals surface area contributed by atoms with E-state index in [1.807, 2.05) is 18.2 Å². The Morgan fingerprint density at radius 1 is 1.23 bits per heavy atom. The minimum Gasteiger partial charge on any atom is -0.265 e. The Morgan fingerprint density at radius 2 is 2.08 bits per heavy atom. The highest BCUT2D eigenvalue weighted by molar-refractivity contribution is 7.98. The third-order valence-corrected chi connectivity index (χ3v) is 2.54. The third kappa shape index (κ3) is 2.32. The minimum absolute atomic E-state index is 0.795. The summed E-state index contributed by atoms with van der Waals surface area (Å²) >= 11 is 1.63. The normalized spacial score (nSPS) is 10.2. The van der Waals surface area contributed by atoms with Crippen molar-refractivity contribution >= 4 is 11.8 Å². The molecular weight excluding hydrogens is 182 g/mol. The lowest BCUT2D eigenvalue weighted by molar-refractivity contribution is 0.973. The smallest absolute Gasteiger partial charge is 0.208 e. The number of rotatable bonds is 3. The van der Waals surface area contributed by atoms with Crippen LogP contribution in [0.1, 0.15) is 5.56 Å². The van der Waals surface area contributed by atoms with Crippen LogP contribution in [0.5, 0.6) is 0 Å². The Kier molecular flexibility index (Phi) is 2.62. The summed E-state index contributed by atoms with van der Waals surface area (Å²) in [7, 11) is 0. The van der Waals surface area contributed by atoms with Gasteiger partial charge in [-0.3, -0.25) is 5.10 Å². The topological polar surface area (TPSA) is 41.6 Å². The van der Waals surface area contributed by atoms with E-state index in [-0.39, 0.29) is 0 Å². The Morgan fingerprint density at radius 3 is 2.77 bits per heavy atom. The first-order chi connectivity index (χ1) is 6.45. The van der Waals surface area contributed by atoms with Crippen LogP contribution in [0.15, 0.2) is 41.8 Å². The van der Waals surface area contributed by atoms with Crippen LogP contribution in [0.25, 0.3) is 0 Å². The van der Waals surface area contributed by atoms with Crippen LogP contribution in [-0.2, 0) is 5.75 Å². The molecule has 0 aliphatic heterocycles. The lowest BCUT2D eigenvalue weighted by Crippen LogP contribution is -1.80. The highest BCUT2D eigenvalue weighted by atomic mass is 32.2. The maximum absolute atomic E-state index is 4.03. The molecule has 0 radical (unpaired) electrons. The van der Waals surface area contributed by atoms with E-state index in [9.17, 15) is 0 Å². The Hall–Kier alpha value is -1.29. The molecule has 2 aromatic rings. The van der Waals surface area contributed by atoms with E-state index in [4.69, 9.17) is 0 Å². The van der Waals surface area contributed by atoms with Crippen LogP contribution >= 0.6 is 11.8 Å². The molecule has 66 valence electrons. The molecule has 0 amide bonds. The molecule has 0 spiro atoms. The van der Waals surface area contributed by atoms with Crippen LogP contribution in [-0.4, -0.2) is 15.2 Å². The molecule has 0 aliphatic carbocycles. The summed E-state index contributed by atoms with van der Waals surface area (Å²) in [5.74, 6) is 0.915. The van der Waals surface area contributed by atoms with Crippen molar-refractivity contribution in [2.45, 2.75) is 10.9 Å². The van der Waals surface area contributed by atoms with E-state index in [1.165, 1.54) is 5.56 Å². The second-order valence-electron chi connectivity index (χ2n) is 2.56. The molecule has 0 saturated heterocycles. The molecule has 4 heteroatoms. The van der Waals surface area contributed by atoms with Gasteiger partial charge in [-0.15, -0.1) is 5.10 Å². The number of thioether (sulfide) groups is 1. The SMILES string of the molecule is c1ccc(CSc2nc[nH]n2)cc1. The first kappa shape index (κ1) is 8.31. The van der Waals surface area contributed by atoms with Crippen molar-refractivity contribution in [3.05, 3.63) is 42.2 Å². The summed E-state index contributed by atoms with van der Waals surface area (Å²) in [5, 5.41) is 7.44. The van der Waals surface area contributed by atoms with Gasteiger partial charge in [0.2, 0.25) is 5.16 Å². The number of nitrogens with zero attached hydrogens (tertiary/aromatic N) is 2. The summed E-state index contributed by atoms with van der Waals surface area (Å²) < 4.78 is 0. The molecule has 3 nitrogen and oxygen atoms in total. The number of benzene rings is 1. The van der Waals surface area contributed by atoms with Crippen molar-refractivity contribution < 1.29 is 0 Å². The highest BCUT2D eigenvalue weighted by Crippen LogP contribution is 2.17. The van der Waals surface area contributed by atoms with Gasteiger partial charge in [-0.05, 0) is 5.56 Å². The van der Waals surface area contributed by atoms with E-state index in [0.29, 0.717) is 0 Å². The second-order valence-corrected chi connectivity index (χ2v) is 3.50. The summed E-state index contributed by atoms with van der Waals surface area (Å²) in [5.41, 5.74) is 1.29. The predicted molar refractivity (Wildman–Crippen MR) is 52.4 cm³/mol. The van der Waals surface area contributed by atoms with Gasteiger partial charge in [0.05, 0.1) is 0 Å². The zero-order valence-electron chi connectivity index (χ0n) is 6.97. The van der Waals surface area contributed by atoms with E-state index in [2.05, 4.69) is 27.3 Å². The van der Waals surface area contributed by atoms with E-state index in [0.717, 1.165) is 10.9 Å². The van der Waals surface area contributed by atoms with Crippen molar-refractivity contribution in [1.29, 1.82) is 0 Å². The fourth-order valence-electron chi connectivity index (χ4n) is 0.989. The summed E-state index contributed by atoms with van der Waals surface area (Å²) in [4.78, 5) is 4.03. The summed E-state index contributed by atoms with van der Waals surface area (Å²) in [6, 6.07) is 10.3. The molecule has 1 N–H and O–H groups in total. The van der Waals surface area contributed by atoms with E-state index >= 15 is 0 Å². The molecule has 1 aromatic heterocycles. The van der Waals surface area contributed by atoms with Crippen LogP contribution < -0.4 is 0 Å². The molecule has 0 fully saturated rings. The van der Waals surface area contributed by atoms with Gasteiger partial charge in [0, 0.05) is 5.75 Å². The molecule has 0 bridgehead atoms. The number of aromatic amines is 1. The summed E-state index contributed by atoms with van der Waals surface area (Å²) in [6.07, 6.45) is 1.59. The van der Waals surface area contributed by atoms with Crippen LogP contribution in [0.2, 0.25) is 0 Å².